The summed E-state index contributed by atoms with van der Waals surface area (Å²) in [6.07, 6.45) is 1.51. The molecule has 0 saturated carbocycles. The summed E-state index contributed by atoms with van der Waals surface area (Å²) >= 11 is 12.1. The van der Waals surface area contributed by atoms with Gasteiger partial charge in [-0.05, 0) is 48.0 Å². The van der Waals surface area contributed by atoms with Crippen LogP contribution in [-0.4, -0.2) is 44.3 Å². The number of rotatable bonds is 5. The highest BCUT2D eigenvalue weighted by Gasteiger charge is 2.16. The zero-order chi connectivity index (χ0) is 25.2. The van der Waals surface area contributed by atoms with Crippen LogP contribution in [0.3, 0.4) is 0 Å². The average molecular weight is 541 g/mol. The standard InChI is InChI=1S/C26H22Cl2N4O3S/c27-19-12-18(13-20(28)14-19)25(33)30-23-3-1-2-22-24(23)26(34)32(16-29-22)15-17-4-6-21(7-5-17)31-8-10-36(35)11-9-31/h1-7,12-14,16H,8-11,15H2,(H,30,33). The third-order valence-electron chi connectivity index (χ3n) is 6.06. The number of carbonyl (C=O) groups excluding carboxylic acids is 1. The molecule has 3 aromatic carbocycles. The highest BCUT2D eigenvalue weighted by atomic mass is 35.5. The van der Waals surface area contributed by atoms with Crippen LogP contribution in [0.25, 0.3) is 10.9 Å². The Labute approximate surface area is 220 Å². The van der Waals surface area contributed by atoms with Crippen LogP contribution >= 0.6 is 23.2 Å². The highest BCUT2D eigenvalue weighted by Crippen LogP contribution is 2.23. The Bertz CT molecular complexity index is 1510. The molecular formula is C26H22Cl2N4O3S. The molecule has 0 atom stereocenters. The van der Waals surface area contributed by atoms with Crippen molar-refractivity contribution in [1.82, 2.24) is 9.55 Å². The van der Waals surface area contributed by atoms with E-state index in [0.717, 1.165) is 24.3 Å². The number of nitrogens with zero attached hydrogens (tertiary/aromatic N) is 3. The summed E-state index contributed by atoms with van der Waals surface area (Å²) in [5.74, 6) is 0.936. The minimum Gasteiger partial charge on any atom is -0.370 e. The Morgan fingerprint density at radius 2 is 1.69 bits per heavy atom. The Morgan fingerprint density at radius 3 is 2.39 bits per heavy atom. The summed E-state index contributed by atoms with van der Waals surface area (Å²) in [5, 5.41) is 3.80. The minimum atomic E-state index is -0.724. The van der Waals surface area contributed by atoms with Crippen molar-refractivity contribution < 1.29 is 9.00 Å². The second kappa shape index (κ2) is 10.4. The molecule has 2 heterocycles. The largest absolute Gasteiger partial charge is 0.370 e. The van der Waals surface area contributed by atoms with E-state index in [2.05, 4.69) is 15.2 Å². The quantitative estimate of drug-likeness (QED) is 0.400. The van der Waals surface area contributed by atoms with Crippen LogP contribution in [0.4, 0.5) is 11.4 Å². The molecule has 1 aliphatic heterocycles. The van der Waals surface area contributed by atoms with Crippen LogP contribution in [0.1, 0.15) is 15.9 Å². The topological polar surface area (TPSA) is 84.3 Å². The van der Waals surface area contributed by atoms with E-state index in [-0.39, 0.29) is 11.1 Å². The predicted octanol–water partition coefficient (Wildman–Crippen LogP) is 4.57. The van der Waals surface area contributed by atoms with E-state index in [1.807, 2.05) is 24.3 Å². The van der Waals surface area contributed by atoms with Crippen molar-refractivity contribution in [3.05, 3.63) is 98.5 Å². The molecular weight excluding hydrogens is 519 g/mol. The predicted molar refractivity (Wildman–Crippen MR) is 146 cm³/mol. The second-order valence-electron chi connectivity index (χ2n) is 8.49. The smallest absolute Gasteiger partial charge is 0.263 e. The molecule has 4 aromatic rings. The summed E-state index contributed by atoms with van der Waals surface area (Å²) < 4.78 is 13.1. The lowest BCUT2D eigenvalue weighted by Gasteiger charge is -2.28. The molecule has 1 fully saturated rings. The fourth-order valence-corrected chi connectivity index (χ4v) is 5.78. The molecule has 0 aliphatic carbocycles. The first-order chi connectivity index (χ1) is 17.4. The molecule has 1 N–H and O–H groups in total. The molecule has 1 aliphatic rings. The van der Waals surface area contributed by atoms with Crippen LogP contribution in [0.15, 0.2) is 71.8 Å². The third kappa shape index (κ3) is 5.31. The number of carbonyl (C=O) groups is 1. The van der Waals surface area contributed by atoms with Gasteiger partial charge in [0.25, 0.3) is 11.5 Å². The molecule has 5 rings (SSSR count). The van der Waals surface area contributed by atoms with Crippen LogP contribution in [0.5, 0.6) is 0 Å². The van der Waals surface area contributed by atoms with Crippen molar-refractivity contribution in [3.8, 4) is 0 Å². The number of amides is 1. The number of aromatic nitrogens is 2. The summed E-state index contributed by atoms with van der Waals surface area (Å²) in [4.78, 5) is 32.9. The molecule has 0 radical (unpaired) electrons. The monoisotopic (exact) mass is 540 g/mol. The summed E-state index contributed by atoms with van der Waals surface area (Å²) in [6, 6.07) is 17.7. The lowest BCUT2D eigenvalue weighted by Crippen LogP contribution is -2.37. The van der Waals surface area contributed by atoms with Crippen LogP contribution in [0, 0.1) is 0 Å². The number of benzene rings is 3. The van der Waals surface area contributed by atoms with E-state index in [9.17, 15) is 13.8 Å². The molecule has 1 aromatic heterocycles. The first-order valence-electron chi connectivity index (χ1n) is 11.3. The highest BCUT2D eigenvalue weighted by molar-refractivity contribution is 7.85. The molecule has 184 valence electrons. The molecule has 1 amide bonds. The van der Waals surface area contributed by atoms with E-state index >= 15 is 0 Å². The van der Waals surface area contributed by atoms with Gasteiger partial charge in [-0.3, -0.25) is 18.4 Å². The van der Waals surface area contributed by atoms with E-state index in [1.165, 1.54) is 23.0 Å². The number of fused-ring (bicyclic) bond motifs is 1. The SMILES string of the molecule is O=C(Nc1cccc2ncn(Cc3ccc(N4CCS(=O)CC4)cc3)c(=O)c12)c1cc(Cl)cc(Cl)c1. The van der Waals surface area contributed by atoms with Crippen molar-refractivity contribution in [3.63, 3.8) is 0 Å². The Morgan fingerprint density at radius 1 is 1.00 bits per heavy atom. The Balaban J connectivity index is 1.40. The zero-order valence-corrected chi connectivity index (χ0v) is 21.4. The van der Waals surface area contributed by atoms with Crippen molar-refractivity contribution >= 4 is 62.2 Å². The maximum atomic E-state index is 13.4. The number of hydrogen-bond acceptors (Lipinski definition) is 5. The van der Waals surface area contributed by atoms with Crippen LogP contribution in [-0.2, 0) is 17.3 Å². The van der Waals surface area contributed by atoms with Gasteiger partial charge in [0.1, 0.15) is 0 Å². The van der Waals surface area contributed by atoms with Gasteiger partial charge in [0.2, 0.25) is 0 Å². The summed E-state index contributed by atoms with van der Waals surface area (Å²) in [6.45, 7) is 1.88. The van der Waals surface area contributed by atoms with Crippen molar-refractivity contribution in [2.45, 2.75) is 6.54 Å². The molecule has 1 saturated heterocycles. The van der Waals surface area contributed by atoms with Gasteiger partial charge in [0.15, 0.2) is 0 Å². The maximum Gasteiger partial charge on any atom is 0.263 e. The van der Waals surface area contributed by atoms with E-state index in [0.29, 0.717) is 44.7 Å². The van der Waals surface area contributed by atoms with Crippen molar-refractivity contribution in [2.75, 3.05) is 34.8 Å². The van der Waals surface area contributed by atoms with Gasteiger partial charge in [0.05, 0.1) is 29.5 Å². The van der Waals surface area contributed by atoms with E-state index in [1.54, 1.807) is 24.3 Å². The molecule has 10 heteroatoms. The molecule has 0 unspecified atom stereocenters. The maximum absolute atomic E-state index is 13.4. The van der Waals surface area contributed by atoms with Gasteiger partial charge in [-0.15, -0.1) is 0 Å². The molecule has 0 spiro atoms. The summed E-state index contributed by atoms with van der Waals surface area (Å²) in [7, 11) is -0.724. The minimum absolute atomic E-state index is 0.261. The normalized spacial score (nSPS) is 14.2. The lowest BCUT2D eigenvalue weighted by atomic mass is 10.1. The fraction of sp³-hybridized carbons (Fsp3) is 0.192. The number of hydrogen-bond donors (Lipinski definition) is 1. The molecule has 36 heavy (non-hydrogen) atoms. The van der Waals surface area contributed by atoms with E-state index < -0.39 is 16.7 Å². The average Bonchev–Trinajstić information content (AvgIpc) is 2.86. The van der Waals surface area contributed by atoms with Gasteiger partial charge in [-0.2, -0.15) is 0 Å². The van der Waals surface area contributed by atoms with Gasteiger partial charge < -0.3 is 10.2 Å². The summed E-state index contributed by atoms with van der Waals surface area (Å²) in [5.41, 5.74) is 2.88. The number of anilines is 2. The first kappa shape index (κ1) is 24.5. The molecule has 0 bridgehead atoms. The fourth-order valence-electron chi connectivity index (χ4n) is 4.20. The van der Waals surface area contributed by atoms with Crippen molar-refractivity contribution in [2.24, 2.45) is 0 Å². The molecule has 7 nitrogen and oxygen atoms in total. The van der Waals surface area contributed by atoms with Gasteiger partial charge in [-0.1, -0.05) is 41.4 Å². The number of nitrogens with one attached hydrogen (secondary N) is 1. The zero-order valence-electron chi connectivity index (χ0n) is 19.1. The van der Waals surface area contributed by atoms with E-state index in [4.69, 9.17) is 23.2 Å². The van der Waals surface area contributed by atoms with Gasteiger partial charge >= 0.3 is 0 Å². The second-order valence-corrected chi connectivity index (χ2v) is 11.1. The third-order valence-corrected chi connectivity index (χ3v) is 7.77. The lowest BCUT2D eigenvalue weighted by molar-refractivity contribution is 0.102. The van der Waals surface area contributed by atoms with Gasteiger partial charge in [0, 0.05) is 56.7 Å². The number of halogens is 2. The van der Waals surface area contributed by atoms with Crippen molar-refractivity contribution in [1.29, 1.82) is 0 Å². The van der Waals surface area contributed by atoms with Gasteiger partial charge in [-0.25, -0.2) is 4.98 Å². The van der Waals surface area contributed by atoms with Crippen LogP contribution < -0.4 is 15.8 Å². The first-order valence-corrected chi connectivity index (χ1v) is 13.6. The van der Waals surface area contributed by atoms with Crippen LogP contribution in [0.2, 0.25) is 10.0 Å². The Hall–Kier alpha value is -3.20. The Kier molecular flexibility index (Phi) is 7.09.